The lowest BCUT2D eigenvalue weighted by Crippen LogP contribution is -2.40. The highest BCUT2D eigenvalue weighted by atomic mass is 16.5. The third-order valence-electron chi connectivity index (χ3n) is 5.34. The molecule has 0 aromatic heterocycles. The maximum absolute atomic E-state index is 13.0. The molecule has 0 fully saturated rings. The van der Waals surface area contributed by atoms with Gasteiger partial charge < -0.3 is 20.3 Å². The zero-order valence-corrected chi connectivity index (χ0v) is 18.1. The van der Waals surface area contributed by atoms with Gasteiger partial charge in [-0.15, -0.1) is 0 Å². The standard InChI is InChI=1S/C26H25N3O4/c30-23(15-16-24(31)29-17-18-33-22-14-8-7-13-21(22)29)28-25(19-9-3-1-4-10-19)26(32)27-20-11-5-2-6-12-20/h1-14,25H,15-18H2,(H,27,32)(H,28,30). The summed E-state index contributed by atoms with van der Waals surface area (Å²) in [5.74, 6) is -0.231. The lowest BCUT2D eigenvalue weighted by atomic mass is 10.1. The lowest BCUT2D eigenvalue weighted by Gasteiger charge is -2.29. The predicted octanol–water partition coefficient (Wildman–Crippen LogP) is 3.69. The Kier molecular flexibility index (Phi) is 6.99. The smallest absolute Gasteiger partial charge is 0.251 e. The van der Waals surface area contributed by atoms with Gasteiger partial charge >= 0.3 is 0 Å². The molecule has 1 aliphatic rings. The number of carbonyl (C=O) groups is 3. The van der Waals surface area contributed by atoms with Crippen molar-refractivity contribution in [2.45, 2.75) is 18.9 Å². The third kappa shape index (κ3) is 5.57. The minimum atomic E-state index is -0.877. The Hall–Kier alpha value is -4.13. The average molecular weight is 444 g/mol. The normalized spacial score (nSPS) is 13.3. The van der Waals surface area contributed by atoms with E-state index in [4.69, 9.17) is 4.74 Å². The topological polar surface area (TPSA) is 87.7 Å². The summed E-state index contributed by atoms with van der Waals surface area (Å²) in [6.45, 7) is 0.842. The number of fused-ring (bicyclic) bond motifs is 1. The molecule has 0 saturated carbocycles. The van der Waals surface area contributed by atoms with E-state index >= 15 is 0 Å². The summed E-state index contributed by atoms with van der Waals surface area (Å²) in [5, 5.41) is 5.62. The maximum Gasteiger partial charge on any atom is 0.251 e. The molecule has 7 nitrogen and oxygen atoms in total. The second kappa shape index (κ2) is 10.5. The molecule has 2 N–H and O–H groups in total. The molecule has 3 aromatic carbocycles. The molecule has 33 heavy (non-hydrogen) atoms. The molecule has 4 rings (SSSR count). The van der Waals surface area contributed by atoms with Gasteiger partial charge in [-0.1, -0.05) is 60.7 Å². The Morgan fingerprint density at radius 1 is 0.848 bits per heavy atom. The molecule has 1 unspecified atom stereocenters. The van der Waals surface area contributed by atoms with Crippen LogP contribution in [0.3, 0.4) is 0 Å². The molecule has 0 radical (unpaired) electrons. The number of hydrogen-bond acceptors (Lipinski definition) is 4. The van der Waals surface area contributed by atoms with E-state index in [-0.39, 0.29) is 30.6 Å². The van der Waals surface area contributed by atoms with Crippen LogP contribution in [-0.4, -0.2) is 30.9 Å². The van der Waals surface area contributed by atoms with Crippen LogP contribution in [0.25, 0.3) is 0 Å². The van der Waals surface area contributed by atoms with Gasteiger partial charge in [-0.3, -0.25) is 14.4 Å². The molecule has 0 saturated heterocycles. The molecule has 3 aromatic rings. The first-order valence-electron chi connectivity index (χ1n) is 10.8. The number of nitrogens with zero attached hydrogens (tertiary/aromatic N) is 1. The fourth-order valence-electron chi connectivity index (χ4n) is 3.70. The van der Waals surface area contributed by atoms with Crippen molar-refractivity contribution in [2.75, 3.05) is 23.4 Å². The van der Waals surface area contributed by atoms with Crippen molar-refractivity contribution < 1.29 is 19.1 Å². The number of hydrogen-bond donors (Lipinski definition) is 2. The summed E-state index contributed by atoms with van der Waals surface area (Å²) in [5.41, 5.74) is 2.00. The van der Waals surface area contributed by atoms with Gasteiger partial charge in [-0.2, -0.15) is 0 Å². The fraction of sp³-hybridized carbons (Fsp3) is 0.192. The molecule has 1 atom stereocenters. The Bertz CT molecular complexity index is 1120. The van der Waals surface area contributed by atoms with E-state index in [0.717, 1.165) is 0 Å². The summed E-state index contributed by atoms with van der Waals surface area (Å²) in [4.78, 5) is 40.1. The average Bonchev–Trinajstić information content (AvgIpc) is 2.86. The molecule has 7 heteroatoms. The van der Waals surface area contributed by atoms with Crippen LogP contribution >= 0.6 is 0 Å². The van der Waals surface area contributed by atoms with Gasteiger partial charge in [0.25, 0.3) is 5.91 Å². The van der Waals surface area contributed by atoms with E-state index in [1.54, 1.807) is 29.2 Å². The van der Waals surface area contributed by atoms with Crippen LogP contribution in [0, 0.1) is 0 Å². The number of nitrogens with one attached hydrogen (secondary N) is 2. The highest BCUT2D eigenvalue weighted by Crippen LogP contribution is 2.31. The number of ether oxygens (including phenoxy) is 1. The largest absolute Gasteiger partial charge is 0.490 e. The first kappa shape index (κ1) is 22.1. The minimum Gasteiger partial charge on any atom is -0.490 e. The summed E-state index contributed by atoms with van der Waals surface area (Å²) in [7, 11) is 0. The van der Waals surface area contributed by atoms with Gasteiger partial charge in [-0.05, 0) is 29.8 Å². The van der Waals surface area contributed by atoms with Crippen molar-refractivity contribution in [3.63, 3.8) is 0 Å². The fourth-order valence-corrected chi connectivity index (χ4v) is 3.70. The van der Waals surface area contributed by atoms with Crippen molar-refractivity contribution in [1.29, 1.82) is 0 Å². The zero-order chi connectivity index (χ0) is 23.0. The van der Waals surface area contributed by atoms with Crippen LogP contribution in [0.2, 0.25) is 0 Å². The van der Waals surface area contributed by atoms with Gasteiger partial charge in [0.1, 0.15) is 18.4 Å². The number of amides is 3. The molecule has 0 spiro atoms. The number of anilines is 2. The lowest BCUT2D eigenvalue weighted by molar-refractivity contribution is -0.128. The van der Waals surface area contributed by atoms with Crippen molar-refractivity contribution in [3.8, 4) is 5.75 Å². The monoisotopic (exact) mass is 443 g/mol. The Balaban J connectivity index is 1.40. The molecule has 0 aliphatic carbocycles. The van der Waals surface area contributed by atoms with Crippen LogP contribution in [0.1, 0.15) is 24.4 Å². The van der Waals surface area contributed by atoms with Crippen LogP contribution < -0.4 is 20.3 Å². The Labute approximate surface area is 192 Å². The van der Waals surface area contributed by atoms with Gasteiger partial charge in [0.05, 0.1) is 12.2 Å². The number of carbonyl (C=O) groups excluding carboxylic acids is 3. The Morgan fingerprint density at radius 2 is 1.52 bits per heavy atom. The first-order chi connectivity index (χ1) is 16.1. The Morgan fingerprint density at radius 3 is 2.27 bits per heavy atom. The molecule has 168 valence electrons. The quantitative estimate of drug-likeness (QED) is 0.583. The van der Waals surface area contributed by atoms with Crippen molar-refractivity contribution in [1.82, 2.24) is 5.32 Å². The van der Waals surface area contributed by atoms with Gasteiger partial charge in [0, 0.05) is 18.5 Å². The highest BCUT2D eigenvalue weighted by Gasteiger charge is 2.26. The van der Waals surface area contributed by atoms with E-state index in [2.05, 4.69) is 10.6 Å². The van der Waals surface area contributed by atoms with Crippen LogP contribution in [0.5, 0.6) is 5.75 Å². The van der Waals surface area contributed by atoms with Crippen LogP contribution in [0.15, 0.2) is 84.9 Å². The molecule has 1 heterocycles. The minimum absolute atomic E-state index is 0.0275. The summed E-state index contributed by atoms with van der Waals surface area (Å²) < 4.78 is 5.59. The van der Waals surface area contributed by atoms with Crippen molar-refractivity contribution >= 4 is 29.1 Å². The van der Waals surface area contributed by atoms with E-state index in [1.165, 1.54) is 0 Å². The van der Waals surface area contributed by atoms with E-state index in [1.807, 2.05) is 60.7 Å². The van der Waals surface area contributed by atoms with E-state index < -0.39 is 6.04 Å². The predicted molar refractivity (Wildman–Crippen MR) is 126 cm³/mol. The van der Waals surface area contributed by atoms with E-state index in [9.17, 15) is 14.4 Å². The van der Waals surface area contributed by atoms with Crippen LogP contribution in [-0.2, 0) is 14.4 Å². The summed E-state index contributed by atoms with van der Waals surface area (Å²) in [6, 6.07) is 24.5. The zero-order valence-electron chi connectivity index (χ0n) is 18.1. The van der Waals surface area contributed by atoms with Crippen molar-refractivity contribution in [2.24, 2.45) is 0 Å². The SMILES string of the molecule is O=C(CCC(=O)N1CCOc2ccccc21)NC(C(=O)Nc1ccccc1)c1ccccc1. The first-order valence-corrected chi connectivity index (χ1v) is 10.8. The summed E-state index contributed by atoms with van der Waals surface area (Å²) >= 11 is 0. The van der Waals surface area contributed by atoms with Gasteiger partial charge in [-0.25, -0.2) is 0 Å². The van der Waals surface area contributed by atoms with E-state index in [0.29, 0.717) is 35.8 Å². The van der Waals surface area contributed by atoms with Gasteiger partial charge in [0.15, 0.2) is 0 Å². The second-order valence-corrected chi connectivity index (χ2v) is 7.63. The second-order valence-electron chi connectivity index (χ2n) is 7.63. The summed E-state index contributed by atoms with van der Waals surface area (Å²) in [6.07, 6.45) is 0.00227. The van der Waals surface area contributed by atoms with Gasteiger partial charge in [0.2, 0.25) is 11.8 Å². The molecule has 3 amide bonds. The highest BCUT2D eigenvalue weighted by molar-refractivity contribution is 5.99. The molecular weight excluding hydrogens is 418 g/mol. The number of benzene rings is 3. The number of rotatable bonds is 7. The number of para-hydroxylation sites is 3. The maximum atomic E-state index is 13.0. The molecule has 1 aliphatic heterocycles. The molecule has 0 bridgehead atoms. The third-order valence-corrected chi connectivity index (χ3v) is 5.34. The van der Waals surface area contributed by atoms with Crippen LogP contribution in [0.4, 0.5) is 11.4 Å². The molecular formula is C26H25N3O4. The van der Waals surface area contributed by atoms with Crippen molar-refractivity contribution in [3.05, 3.63) is 90.5 Å².